The van der Waals surface area contributed by atoms with Crippen molar-refractivity contribution in [2.45, 2.75) is 65.9 Å². The van der Waals surface area contributed by atoms with Crippen LogP contribution < -0.4 is 5.32 Å². The van der Waals surface area contributed by atoms with Crippen LogP contribution in [0.5, 0.6) is 0 Å². The van der Waals surface area contributed by atoms with Gasteiger partial charge in [-0.3, -0.25) is 0 Å². The molecule has 2 aliphatic carbocycles. The highest BCUT2D eigenvalue weighted by atomic mass is 16.5. The third-order valence-electron chi connectivity index (χ3n) is 6.38. The number of hydrogen-bond donors (Lipinski definition) is 1. The van der Waals surface area contributed by atoms with E-state index in [0.29, 0.717) is 16.9 Å². The first kappa shape index (κ1) is 17.2. The Balaban J connectivity index is 1.54. The summed E-state index contributed by atoms with van der Waals surface area (Å²) >= 11 is 0. The van der Waals surface area contributed by atoms with Gasteiger partial charge in [-0.2, -0.15) is 0 Å². The Morgan fingerprint density at radius 1 is 1.10 bits per heavy atom. The number of unbranched alkanes of at least 4 members (excludes halogenated alkanes) is 1. The van der Waals surface area contributed by atoms with E-state index < -0.39 is 0 Å². The minimum Gasteiger partial charge on any atom is -0.380 e. The first-order chi connectivity index (χ1) is 10.0. The fraction of sp³-hybridized carbons (Fsp3) is 1.00. The lowest BCUT2D eigenvalue weighted by Gasteiger charge is -2.38. The van der Waals surface area contributed by atoms with E-state index in [-0.39, 0.29) is 0 Å². The second-order valence-corrected chi connectivity index (χ2v) is 7.69. The van der Waals surface area contributed by atoms with Gasteiger partial charge in [0.05, 0.1) is 19.3 Å². The first-order valence-corrected chi connectivity index (χ1v) is 8.92. The summed E-state index contributed by atoms with van der Waals surface area (Å²) in [4.78, 5) is 0. The highest BCUT2D eigenvalue weighted by Crippen LogP contribution is 2.66. The number of ether oxygens (including phenoxy) is 2. The van der Waals surface area contributed by atoms with E-state index in [2.05, 4.69) is 33.0 Å². The second-order valence-electron chi connectivity index (χ2n) is 7.69. The zero-order valence-electron chi connectivity index (χ0n) is 14.5. The topological polar surface area (TPSA) is 30.5 Å². The third kappa shape index (κ3) is 3.62. The van der Waals surface area contributed by atoms with Gasteiger partial charge in [-0.15, -0.1) is 0 Å². The Bertz CT molecular complexity index is 318. The quantitative estimate of drug-likeness (QED) is 0.625. The number of rotatable bonds is 10. The van der Waals surface area contributed by atoms with E-state index in [4.69, 9.17) is 9.47 Å². The first-order valence-electron chi connectivity index (χ1n) is 8.92. The molecule has 3 atom stereocenters. The van der Waals surface area contributed by atoms with Crippen LogP contribution in [0.2, 0.25) is 0 Å². The predicted octanol–water partition coefficient (Wildman–Crippen LogP) is 3.62. The molecule has 2 saturated carbocycles. The molecule has 2 fully saturated rings. The van der Waals surface area contributed by atoms with Crippen LogP contribution >= 0.6 is 0 Å². The van der Waals surface area contributed by atoms with Crippen LogP contribution in [0.3, 0.4) is 0 Å². The zero-order valence-corrected chi connectivity index (χ0v) is 14.5. The van der Waals surface area contributed by atoms with Gasteiger partial charge < -0.3 is 14.8 Å². The Morgan fingerprint density at radius 3 is 2.48 bits per heavy atom. The summed E-state index contributed by atoms with van der Waals surface area (Å²) in [5, 5.41) is 3.41. The van der Waals surface area contributed by atoms with Crippen LogP contribution in [-0.2, 0) is 9.47 Å². The van der Waals surface area contributed by atoms with Crippen molar-refractivity contribution in [3.8, 4) is 0 Å². The standard InChI is InChI=1S/C18H35NO2/c1-5-6-11-20-12-9-19-10-13-21-16-14-15-7-8-18(16,4)17(15,2)3/h15-16,19H,5-14H2,1-4H3. The molecule has 124 valence electrons. The van der Waals surface area contributed by atoms with Gasteiger partial charge in [0, 0.05) is 19.7 Å². The minimum absolute atomic E-state index is 0.390. The van der Waals surface area contributed by atoms with E-state index in [1.807, 2.05) is 0 Å². The summed E-state index contributed by atoms with van der Waals surface area (Å²) in [7, 11) is 0. The van der Waals surface area contributed by atoms with E-state index in [1.54, 1.807) is 0 Å². The Morgan fingerprint density at radius 2 is 1.86 bits per heavy atom. The summed E-state index contributed by atoms with van der Waals surface area (Å²) in [6, 6.07) is 0. The van der Waals surface area contributed by atoms with E-state index in [0.717, 1.165) is 38.8 Å². The molecule has 0 aromatic carbocycles. The van der Waals surface area contributed by atoms with Crippen LogP contribution in [0.1, 0.15) is 59.8 Å². The molecular formula is C18H35NO2. The van der Waals surface area contributed by atoms with Crippen molar-refractivity contribution in [2.24, 2.45) is 16.7 Å². The van der Waals surface area contributed by atoms with Gasteiger partial charge in [0.25, 0.3) is 0 Å². The van der Waals surface area contributed by atoms with E-state index in [1.165, 1.54) is 32.1 Å². The van der Waals surface area contributed by atoms with Crippen molar-refractivity contribution in [3.05, 3.63) is 0 Å². The predicted molar refractivity (Wildman–Crippen MR) is 87.6 cm³/mol. The number of nitrogens with one attached hydrogen (secondary N) is 1. The molecule has 1 N–H and O–H groups in total. The molecule has 3 nitrogen and oxygen atoms in total. The molecule has 2 rings (SSSR count). The van der Waals surface area contributed by atoms with Crippen molar-refractivity contribution >= 4 is 0 Å². The largest absolute Gasteiger partial charge is 0.380 e. The highest BCUT2D eigenvalue weighted by Gasteiger charge is 2.61. The van der Waals surface area contributed by atoms with E-state index in [9.17, 15) is 0 Å². The molecule has 2 aliphatic rings. The molecule has 0 spiro atoms. The summed E-state index contributed by atoms with van der Waals surface area (Å²) in [6.07, 6.45) is 6.85. The lowest BCUT2D eigenvalue weighted by atomic mass is 9.70. The summed E-state index contributed by atoms with van der Waals surface area (Å²) in [5.74, 6) is 0.868. The van der Waals surface area contributed by atoms with Crippen LogP contribution in [-0.4, -0.2) is 39.0 Å². The van der Waals surface area contributed by atoms with Crippen LogP contribution in [0, 0.1) is 16.7 Å². The smallest absolute Gasteiger partial charge is 0.0637 e. The SMILES string of the molecule is CCCCOCCNCCOC1CC2CCC1(C)C2(C)C. The summed E-state index contributed by atoms with van der Waals surface area (Å²) in [6.45, 7) is 13.9. The minimum atomic E-state index is 0.390. The maximum Gasteiger partial charge on any atom is 0.0637 e. The van der Waals surface area contributed by atoms with Gasteiger partial charge in [0.1, 0.15) is 0 Å². The van der Waals surface area contributed by atoms with Gasteiger partial charge >= 0.3 is 0 Å². The number of hydrogen-bond acceptors (Lipinski definition) is 3. The Kier molecular flexibility index (Phi) is 6.10. The van der Waals surface area contributed by atoms with Crippen LogP contribution in [0.25, 0.3) is 0 Å². The summed E-state index contributed by atoms with van der Waals surface area (Å²) in [5.41, 5.74) is 0.846. The average molecular weight is 297 g/mol. The van der Waals surface area contributed by atoms with Crippen LogP contribution in [0.4, 0.5) is 0 Å². The van der Waals surface area contributed by atoms with Gasteiger partial charge in [-0.1, -0.05) is 34.1 Å². The molecule has 0 amide bonds. The fourth-order valence-corrected chi connectivity index (χ4v) is 4.27. The third-order valence-corrected chi connectivity index (χ3v) is 6.38. The van der Waals surface area contributed by atoms with Crippen molar-refractivity contribution in [1.82, 2.24) is 5.32 Å². The van der Waals surface area contributed by atoms with Gasteiger partial charge in [0.2, 0.25) is 0 Å². The second kappa shape index (κ2) is 7.43. The molecule has 3 unspecified atom stereocenters. The highest BCUT2D eigenvalue weighted by molar-refractivity contribution is 5.11. The molecule has 21 heavy (non-hydrogen) atoms. The van der Waals surface area contributed by atoms with Crippen molar-refractivity contribution in [1.29, 1.82) is 0 Å². The Hall–Kier alpha value is -0.120. The lowest BCUT2D eigenvalue weighted by Crippen LogP contribution is -2.38. The van der Waals surface area contributed by atoms with Crippen molar-refractivity contribution < 1.29 is 9.47 Å². The number of fused-ring (bicyclic) bond motifs is 2. The lowest BCUT2D eigenvalue weighted by molar-refractivity contribution is -0.0451. The van der Waals surface area contributed by atoms with Crippen LogP contribution in [0.15, 0.2) is 0 Å². The monoisotopic (exact) mass is 297 g/mol. The molecule has 0 aliphatic heterocycles. The molecule has 0 saturated heterocycles. The van der Waals surface area contributed by atoms with Gasteiger partial charge in [0.15, 0.2) is 0 Å². The zero-order chi connectivity index (χ0) is 15.3. The van der Waals surface area contributed by atoms with Gasteiger partial charge in [-0.05, 0) is 42.4 Å². The van der Waals surface area contributed by atoms with Crippen molar-refractivity contribution in [3.63, 3.8) is 0 Å². The average Bonchev–Trinajstić information content (AvgIpc) is 2.78. The molecule has 0 heterocycles. The maximum atomic E-state index is 6.22. The maximum absolute atomic E-state index is 6.22. The molecular weight excluding hydrogens is 262 g/mol. The van der Waals surface area contributed by atoms with Gasteiger partial charge in [-0.25, -0.2) is 0 Å². The molecule has 0 radical (unpaired) electrons. The van der Waals surface area contributed by atoms with E-state index >= 15 is 0 Å². The normalized spacial score (nSPS) is 33.7. The summed E-state index contributed by atoms with van der Waals surface area (Å²) < 4.78 is 11.8. The molecule has 0 aromatic rings. The molecule has 0 aromatic heterocycles. The Labute approximate surface area is 131 Å². The van der Waals surface area contributed by atoms with Crippen molar-refractivity contribution in [2.75, 3.05) is 32.9 Å². The molecule has 3 heteroatoms. The molecule has 2 bridgehead atoms. The fourth-order valence-electron chi connectivity index (χ4n) is 4.27.